The first kappa shape index (κ1) is 19.4. The van der Waals surface area contributed by atoms with Crippen molar-refractivity contribution >= 4 is 21.7 Å². The van der Waals surface area contributed by atoms with Crippen LogP contribution in [0.15, 0.2) is 23.1 Å². The maximum absolute atomic E-state index is 12.5. The molecule has 0 saturated heterocycles. The van der Waals surface area contributed by atoms with Gasteiger partial charge in [-0.05, 0) is 38.0 Å². The molecule has 0 amide bonds. The maximum Gasteiger partial charge on any atom is 0.335 e. The number of aromatic carboxylic acids is 1. The van der Waals surface area contributed by atoms with Crippen LogP contribution in [-0.4, -0.2) is 32.1 Å². The summed E-state index contributed by atoms with van der Waals surface area (Å²) in [6.45, 7) is 6.31. The van der Waals surface area contributed by atoms with E-state index in [1.165, 1.54) is 18.2 Å². The van der Waals surface area contributed by atoms with Gasteiger partial charge in [0.25, 0.3) is 0 Å². The number of rotatable bonds is 10. The van der Waals surface area contributed by atoms with Gasteiger partial charge in [-0.3, -0.25) is 0 Å². The highest BCUT2D eigenvalue weighted by atomic mass is 32.2. The van der Waals surface area contributed by atoms with Gasteiger partial charge in [0, 0.05) is 12.6 Å². The van der Waals surface area contributed by atoms with Crippen LogP contribution in [0.4, 0.5) is 5.69 Å². The van der Waals surface area contributed by atoms with Crippen molar-refractivity contribution in [1.82, 2.24) is 4.72 Å². The van der Waals surface area contributed by atoms with Crippen LogP contribution in [0.2, 0.25) is 0 Å². The van der Waals surface area contributed by atoms with E-state index in [0.717, 1.165) is 25.7 Å². The van der Waals surface area contributed by atoms with Crippen LogP contribution < -0.4 is 10.0 Å². The first-order valence-corrected chi connectivity index (χ1v) is 9.43. The van der Waals surface area contributed by atoms with Gasteiger partial charge in [-0.25, -0.2) is 17.9 Å². The van der Waals surface area contributed by atoms with E-state index in [-0.39, 0.29) is 16.5 Å². The summed E-state index contributed by atoms with van der Waals surface area (Å²) in [5, 5.41) is 12.2. The van der Waals surface area contributed by atoms with E-state index in [4.69, 9.17) is 5.11 Å². The van der Waals surface area contributed by atoms with Crippen molar-refractivity contribution in [3.05, 3.63) is 23.8 Å². The van der Waals surface area contributed by atoms with Gasteiger partial charge in [-0.2, -0.15) is 0 Å². The number of carboxylic acids is 1. The second-order valence-corrected chi connectivity index (χ2v) is 7.31. The molecule has 130 valence electrons. The first-order valence-electron chi connectivity index (χ1n) is 7.95. The van der Waals surface area contributed by atoms with Gasteiger partial charge in [0.05, 0.1) is 11.3 Å². The van der Waals surface area contributed by atoms with Crippen molar-refractivity contribution in [3.8, 4) is 0 Å². The predicted molar refractivity (Wildman–Crippen MR) is 91.5 cm³/mol. The number of hydrogen-bond acceptors (Lipinski definition) is 4. The number of benzene rings is 1. The van der Waals surface area contributed by atoms with Gasteiger partial charge >= 0.3 is 5.97 Å². The van der Waals surface area contributed by atoms with Crippen molar-refractivity contribution in [2.24, 2.45) is 0 Å². The van der Waals surface area contributed by atoms with E-state index in [2.05, 4.69) is 10.0 Å². The topological polar surface area (TPSA) is 95.5 Å². The fraction of sp³-hybridized carbons (Fsp3) is 0.562. The quantitative estimate of drug-likeness (QED) is 0.568. The second-order valence-electron chi connectivity index (χ2n) is 5.57. The zero-order chi connectivity index (χ0) is 17.5. The van der Waals surface area contributed by atoms with Crippen molar-refractivity contribution in [2.45, 2.75) is 57.4 Å². The van der Waals surface area contributed by atoms with E-state index in [1.54, 1.807) is 0 Å². The molecule has 3 N–H and O–H groups in total. The molecule has 1 rings (SSSR count). The number of carboxylic acid groups (broad SMARTS) is 1. The van der Waals surface area contributed by atoms with Gasteiger partial charge in [0.15, 0.2) is 0 Å². The molecule has 0 spiro atoms. The Kier molecular flexibility index (Phi) is 7.51. The van der Waals surface area contributed by atoms with Gasteiger partial charge in [0.1, 0.15) is 4.90 Å². The highest BCUT2D eigenvalue weighted by Gasteiger charge is 2.21. The minimum absolute atomic E-state index is 0.0193. The summed E-state index contributed by atoms with van der Waals surface area (Å²) < 4.78 is 27.6. The monoisotopic (exact) mass is 342 g/mol. The maximum atomic E-state index is 12.5. The highest BCUT2D eigenvalue weighted by Crippen LogP contribution is 2.24. The predicted octanol–water partition coefficient (Wildman–Crippen LogP) is 3.06. The van der Waals surface area contributed by atoms with Gasteiger partial charge < -0.3 is 10.4 Å². The molecule has 0 aromatic heterocycles. The molecule has 0 fully saturated rings. The van der Waals surface area contributed by atoms with Crippen molar-refractivity contribution in [1.29, 1.82) is 0 Å². The number of anilines is 1. The van der Waals surface area contributed by atoms with Crippen molar-refractivity contribution < 1.29 is 18.3 Å². The normalized spacial score (nSPS) is 12.8. The Morgan fingerprint density at radius 2 is 1.96 bits per heavy atom. The zero-order valence-corrected chi connectivity index (χ0v) is 14.7. The number of nitrogens with one attached hydrogen (secondary N) is 2. The molecule has 0 saturated carbocycles. The Hall–Kier alpha value is -1.60. The van der Waals surface area contributed by atoms with Crippen LogP contribution in [0.5, 0.6) is 0 Å². The van der Waals surface area contributed by atoms with E-state index >= 15 is 0 Å². The molecule has 1 aromatic rings. The average molecular weight is 342 g/mol. The second kappa shape index (κ2) is 8.88. The lowest BCUT2D eigenvalue weighted by Crippen LogP contribution is -2.27. The Morgan fingerprint density at radius 3 is 2.52 bits per heavy atom. The Balaban J connectivity index is 3.12. The Morgan fingerprint density at radius 1 is 1.26 bits per heavy atom. The lowest BCUT2D eigenvalue weighted by molar-refractivity contribution is 0.0696. The largest absolute Gasteiger partial charge is 0.478 e. The molecule has 0 heterocycles. The summed E-state index contributed by atoms with van der Waals surface area (Å²) in [4.78, 5) is 11.1. The summed E-state index contributed by atoms with van der Waals surface area (Å²) in [7, 11) is -3.76. The van der Waals surface area contributed by atoms with Crippen LogP contribution >= 0.6 is 0 Å². The summed E-state index contributed by atoms with van der Waals surface area (Å²) in [6.07, 6.45) is 3.51. The average Bonchev–Trinajstić information content (AvgIpc) is 2.51. The number of unbranched alkanes of at least 4 members (excludes halogenated alkanes) is 2. The summed E-state index contributed by atoms with van der Waals surface area (Å²) in [5.74, 6) is -1.15. The van der Waals surface area contributed by atoms with Crippen LogP contribution in [0.25, 0.3) is 0 Å². The van der Waals surface area contributed by atoms with Gasteiger partial charge in [0.2, 0.25) is 10.0 Å². The molecule has 0 aliphatic rings. The molecule has 1 atom stereocenters. The van der Waals surface area contributed by atoms with Crippen LogP contribution in [0.1, 0.15) is 56.8 Å². The van der Waals surface area contributed by atoms with E-state index < -0.39 is 16.0 Å². The molecule has 6 nitrogen and oxygen atoms in total. The first-order chi connectivity index (χ1) is 10.8. The molecule has 1 unspecified atom stereocenters. The third-order valence-corrected chi connectivity index (χ3v) is 5.11. The van der Waals surface area contributed by atoms with E-state index in [9.17, 15) is 13.2 Å². The third kappa shape index (κ3) is 5.84. The molecular formula is C16H26N2O4S. The van der Waals surface area contributed by atoms with Crippen LogP contribution in [-0.2, 0) is 10.0 Å². The highest BCUT2D eigenvalue weighted by molar-refractivity contribution is 7.89. The SMILES string of the molecule is CCCCCNS(=O)(=O)c1cc(C(=O)O)ccc1NC(C)CC. The Bertz CT molecular complexity index is 629. The van der Waals surface area contributed by atoms with Crippen LogP contribution in [0.3, 0.4) is 0 Å². The zero-order valence-electron chi connectivity index (χ0n) is 13.9. The van der Waals surface area contributed by atoms with E-state index in [1.807, 2.05) is 20.8 Å². The van der Waals surface area contributed by atoms with Gasteiger partial charge in [-0.15, -0.1) is 0 Å². The molecular weight excluding hydrogens is 316 g/mol. The fourth-order valence-electron chi connectivity index (χ4n) is 2.02. The molecule has 0 aliphatic carbocycles. The van der Waals surface area contributed by atoms with E-state index in [0.29, 0.717) is 12.2 Å². The molecule has 23 heavy (non-hydrogen) atoms. The molecule has 1 aromatic carbocycles. The summed E-state index contributed by atoms with van der Waals surface area (Å²) >= 11 is 0. The standard InChI is InChI=1S/C16H26N2O4S/c1-4-6-7-10-17-23(21,22)15-11-13(16(19)20)8-9-14(15)18-12(3)5-2/h8-9,11-12,17-18H,4-7,10H2,1-3H3,(H,19,20). The number of carbonyl (C=O) groups is 1. The lowest BCUT2D eigenvalue weighted by atomic mass is 10.2. The lowest BCUT2D eigenvalue weighted by Gasteiger charge is -2.17. The van der Waals surface area contributed by atoms with Crippen molar-refractivity contribution in [3.63, 3.8) is 0 Å². The fourth-order valence-corrected chi connectivity index (χ4v) is 3.29. The molecule has 0 aliphatic heterocycles. The molecule has 0 bridgehead atoms. The summed E-state index contributed by atoms with van der Waals surface area (Å²) in [6, 6.07) is 4.20. The van der Waals surface area contributed by atoms with Crippen LogP contribution in [0, 0.1) is 0 Å². The molecule has 0 radical (unpaired) electrons. The minimum Gasteiger partial charge on any atom is -0.478 e. The molecule has 7 heteroatoms. The number of sulfonamides is 1. The van der Waals surface area contributed by atoms with Gasteiger partial charge in [-0.1, -0.05) is 26.7 Å². The number of hydrogen-bond donors (Lipinski definition) is 3. The smallest absolute Gasteiger partial charge is 0.335 e. The van der Waals surface area contributed by atoms with Crippen molar-refractivity contribution in [2.75, 3.05) is 11.9 Å². The summed E-state index contributed by atoms with van der Waals surface area (Å²) in [5.41, 5.74) is 0.376. The Labute approximate surface area is 138 Å². The third-order valence-electron chi connectivity index (χ3n) is 3.60. The minimum atomic E-state index is -3.76.